The Kier molecular flexibility index (Phi) is 4.71. The Morgan fingerprint density at radius 1 is 1.10 bits per heavy atom. The van der Waals surface area contributed by atoms with Crippen molar-refractivity contribution in [2.75, 3.05) is 25.1 Å². The van der Waals surface area contributed by atoms with Gasteiger partial charge in [0.15, 0.2) is 0 Å². The lowest BCUT2D eigenvalue weighted by Crippen LogP contribution is -2.56. The van der Waals surface area contributed by atoms with E-state index in [-0.39, 0.29) is 24.1 Å². The van der Waals surface area contributed by atoms with E-state index in [4.69, 9.17) is 9.47 Å². The van der Waals surface area contributed by atoms with Crippen LogP contribution in [0.4, 0.5) is 10.5 Å². The van der Waals surface area contributed by atoms with E-state index in [2.05, 4.69) is 17.0 Å². The van der Waals surface area contributed by atoms with Crippen LogP contribution >= 0.6 is 0 Å². The van der Waals surface area contributed by atoms with E-state index in [0.29, 0.717) is 18.7 Å². The highest BCUT2D eigenvalue weighted by Gasteiger charge is 2.42. The molecule has 0 radical (unpaired) electrons. The first-order chi connectivity index (χ1) is 13.7. The predicted molar refractivity (Wildman–Crippen MR) is 111 cm³/mol. The zero-order valence-corrected chi connectivity index (χ0v) is 17.8. The Hall–Kier alpha value is -2.70. The molecule has 2 fully saturated rings. The number of hydrogen-bond donors (Lipinski definition) is 0. The second kappa shape index (κ2) is 6.97. The molecule has 0 N–H and O–H groups in total. The van der Waals surface area contributed by atoms with Gasteiger partial charge in [0.05, 0.1) is 18.2 Å². The fourth-order valence-corrected chi connectivity index (χ4v) is 4.61. The molecule has 1 aromatic carbocycles. The van der Waals surface area contributed by atoms with Gasteiger partial charge in [-0.1, -0.05) is 0 Å². The molecule has 2 atom stereocenters. The number of aromatic nitrogens is 1. The van der Waals surface area contributed by atoms with Gasteiger partial charge in [-0.2, -0.15) is 0 Å². The van der Waals surface area contributed by atoms with Crippen molar-refractivity contribution in [1.29, 1.82) is 0 Å². The maximum Gasteiger partial charge on any atom is 0.410 e. The van der Waals surface area contributed by atoms with Crippen molar-refractivity contribution in [3.05, 3.63) is 30.0 Å². The molecule has 2 unspecified atom stereocenters. The molecule has 0 saturated carbocycles. The third-order valence-electron chi connectivity index (χ3n) is 5.81. The molecule has 2 saturated heterocycles. The minimum Gasteiger partial charge on any atom is -0.465 e. The summed E-state index contributed by atoms with van der Waals surface area (Å²) in [5.74, 6) is -0.325. The van der Waals surface area contributed by atoms with E-state index in [1.54, 1.807) is 0 Å². The third kappa shape index (κ3) is 3.54. The van der Waals surface area contributed by atoms with Gasteiger partial charge in [-0.25, -0.2) is 9.59 Å². The van der Waals surface area contributed by atoms with Crippen molar-refractivity contribution in [2.24, 2.45) is 7.05 Å². The van der Waals surface area contributed by atoms with Crippen LogP contribution in [-0.2, 0) is 16.5 Å². The monoisotopic (exact) mass is 399 g/mol. The van der Waals surface area contributed by atoms with Gasteiger partial charge >= 0.3 is 12.1 Å². The molecule has 29 heavy (non-hydrogen) atoms. The second-order valence-electron chi connectivity index (χ2n) is 9.02. The van der Waals surface area contributed by atoms with E-state index >= 15 is 0 Å². The first kappa shape index (κ1) is 19.6. The number of esters is 1. The lowest BCUT2D eigenvalue weighted by molar-refractivity contribution is 0.0209. The Morgan fingerprint density at radius 3 is 2.34 bits per heavy atom. The molecule has 156 valence electrons. The number of ether oxygens (including phenoxy) is 2. The Morgan fingerprint density at radius 2 is 1.76 bits per heavy atom. The van der Waals surface area contributed by atoms with Crippen LogP contribution in [0.25, 0.3) is 10.9 Å². The van der Waals surface area contributed by atoms with Gasteiger partial charge in [-0.05, 0) is 51.8 Å². The average Bonchev–Trinajstić information content (AvgIpc) is 3.12. The summed E-state index contributed by atoms with van der Waals surface area (Å²) in [5, 5.41) is 0.892. The van der Waals surface area contributed by atoms with Crippen molar-refractivity contribution in [3.63, 3.8) is 0 Å². The van der Waals surface area contributed by atoms with Crippen molar-refractivity contribution in [2.45, 2.75) is 51.3 Å². The maximum absolute atomic E-state index is 12.5. The summed E-state index contributed by atoms with van der Waals surface area (Å²) >= 11 is 0. The highest BCUT2D eigenvalue weighted by Crippen LogP contribution is 2.37. The topological polar surface area (TPSA) is 64.0 Å². The van der Waals surface area contributed by atoms with Gasteiger partial charge in [0.25, 0.3) is 0 Å². The molecule has 7 heteroatoms. The lowest BCUT2D eigenvalue weighted by atomic mass is 10.1. The maximum atomic E-state index is 12.5. The van der Waals surface area contributed by atoms with Crippen LogP contribution in [0, 0.1) is 0 Å². The molecular weight excluding hydrogens is 370 g/mol. The number of nitrogens with zero attached hydrogens (tertiary/aromatic N) is 3. The molecule has 0 spiro atoms. The number of carbonyl (C=O) groups excluding carboxylic acids is 2. The molecule has 1 aromatic heterocycles. The smallest absolute Gasteiger partial charge is 0.410 e. The molecule has 1 amide bonds. The largest absolute Gasteiger partial charge is 0.465 e. The second-order valence-corrected chi connectivity index (χ2v) is 9.02. The Bertz CT molecular complexity index is 945. The first-order valence-corrected chi connectivity index (χ1v) is 10.1. The summed E-state index contributed by atoms with van der Waals surface area (Å²) < 4.78 is 12.4. The summed E-state index contributed by atoms with van der Waals surface area (Å²) in [6, 6.07) is 6.76. The molecule has 4 rings (SSSR count). The normalized spacial score (nSPS) is 21.6. The third-order valence-corrected chi connectivity index (χ3v) is 5.81. The Labute approximate surface area is 171 Å². The van der Waals surface area contributed by atoms with Crippen LogP contribution in [0.1, 0.15) is 44.0 Å². The van der Waals surface area contributed by atoms with Crippen LogP contribution in [-0.4, -0.2) is 59.4 Å². The quantitative estimate of drug-likeness (QED) is 0.723. The molecule has 7 nitrogen and oxygen atoms in total. The van der Waals surface area contributed by atoms with E-state index in [0.717, 1.165) is 29.4 Å². The predicted octanol–water partition coefficient (Wildman–Crippen LogP) is 3.55. The molecule has 3 heterocycles. The van der Waals surface area contributed by atoms with Gasteiger partial charge < -0.3 is 23.8 Å². The van der Waals surface area contributed by atoms with Gasteiger partial charge in [-0.3, -0.25) is 0 Å². The fourth-order valence-electron chi connectivity index (χ4n) is 4.61. The van der Waals surface area contributed by atoms with Crippen LogP contribution in [0.15, 0.2) is 24.4 Å². The number of anilines is 1. The molecule has 0 aliphatic carbocycles. The molecule has 2 aliphatic rings. The summed E-state index contributed by atoms with van der Waals surface area (Å²) in [6.45, 7) is 7.03. The number of rotatable bonds is 2. The molecular formula is C22H29N3O4. The van der Waals surface area contributed by atoms with Gasteiger partial charge in [0.2, 0.25) is 0 Å². The van der Waals surface area contributed by atoms with Crippen LogP contribution in [0.2, 0.25) is 0 Å². The van der Waals surface area contributed by atoms with E-state index in [1.165, 1.54) is 7.11 Å². The lowest BCUT2D eigenvalue weighted by Gasteiger charge is -2.42. The van der Waals surface area contributed by atoms with E-state index in [9.17, 15) is 9.59 Å². The summed E-state index contributed by atoms with van der Waals surface area (Å²) in [5.41, 5.74) is 2.22. The number of piperazine rings is 1. The van der Waals surface area contributed by atoms with Crippen LogP contribution in [0.5, 0.6) is 0 Å². The van der Waals surface area contributed by atoms with Gasteiger partial charge in [-0.15, -0.1) is 0 Å². The standard InChI is InChI=1S/C22H29N3O4/c1-22(2,3)29-21(27)24-11-15-6-7-16(12-24)25(15)14-8-9-17-18(20(26)28-5)13-23(4)19(17)10-14/h8-10,13,15-16H,6-7,11-12H2,1-5H3. The average molecular weight is 399 g/mol. The number of hydrogen-bond acceptors (Lipinski definition) is 5. The minimum absolute atomic E-state index is 0.227. The zero-order valence-electron chi connectivity index (χ0n) is 17.8. The van der Waals surface area contributed by atoms with Gasteiger partial charge in [0.1, 0.15) is 5.60 Å². The number of methoxy groups -OCH3 is 1. The molecule has 2 aromatic rings. The first-order valence-electron chi connectivity index (χ1n) is 10.1. The molecule has 2 bridgehead atoms. The summed E-state index contributed by atoms with van der Waals surface area (Å²) in [4.78, 5) is 28.9. The van der Waals surface area contributed by atoms with Crippen LogP contribution in [0.3, 0.4) is 0 Å². The number of aryl methyl sites for hydroxylation is 1. The van der Waals surface area contributed by atoms with Crippen molar-refractivity contribution in [3.8, 4) is 0 Å². The number of fused-ring (bicyclic) bond motifs is 3. The van der Waals surface area contributed by atoms with E-state index < -0.39 is 5.60 Å². The Balaban J connectivity index is 1.59. The minimum atomic E-state index is -0.484. The fraction of sp³-hybridized carbons (Fsp3) is 0.545. The number of amides is 1. The summed E-state index contributed by atoms with van der Waals surface area (Å²) in [7, 11) is 3.34. The SMILES string of the molecule is COC(=O)c1cn(C)c2cc(N3C4CCC3CN(C(=O)OC(C)(C)C)C4)ccc12. The van der Waals surface area contributed by atoms with Gasteiger partial charge in [0, 0.05) is 49.5 Å². The number of likely N-dealkylation sites (tertiary alicyclic amines) is 1. The zero-order chi connectivity index (χ0) is 20.9. The van der Waals surface area contributed by atoms with Crippen molar-refractivity contribution >= 4 is 28.7 Å². The highest BCUT2D eigenvalue weighted by atomic mass is 16.6. The van der Waals surface area contributed by atoms with Crippen molar-refractivity contribution in [1.82, 2.24) is 9.47 Å². The van der Waals surface area contributed by atoms with E-state index in [1.807, 2.05) is 49.5 Å². The number of benzene rings is 1. The van der Waals surface area contributed by atoms with Crippen LogP contribution < -0.4 is 4.90 Å². The summed E-state index contributed by atoms with van der Waals surface area (Å²) in [6.07, 6.45) is 3.70. The van der Waals surface area contributed by atoms with Crippen molar-refractivity contribution < 1.29 is 19.1 Å². The molecule has 2 aliphatic heterocycles. The number of carbonyl (C=O) groups is 2. The highest BCUT2D eigenvalue weighted by molar-refractivity contribution is 6.05.